The number of hydrogen-bond acceptors (Lipinski definition) is 2. The molecule has 2 heteroatoms. The van der Waals surface area contributed by atoms with E-state index >= 15 is 0 Å². The summed E-state index contributed by atoms with van der Waals surface area (Å²) in [5.41, 5.74) is 7.06. The number of fused-ring (bicyclic) bond motifs is 2. The summed E-state index contributed by atoms with van der Waals surface area (Å²) in [5.74, 6) is 0.721. The highest BCUT2D eigenvalue weighted by Crippen LogP contribution is 2.30. The molecule has 0 bridgehead atoms. The maximum absolute atomic E-state index is 5.91. The van der Waals surface area contributed by atoms with Gasteiger partial charge in [-0.2, -0.15) is 0 Å². The molecule has 0 fully saturated rings. The van der Waals surface area contributed by atoms with Gasteiger partial charge in [0.25, 0.3) is 0 Å². The summed E-state index contributed by atoms with van der Waals surface area (Å²) >= 11 is 0. The highest BCUT2D eigenvalue weighted by atomic mass is 16.3. The zero-order valence-corrected chi connectivity index (χ0v) is 10.9. The molecule has 2 nitrogen and oxygen atoms in total. The SMILES string of the molecule is Cc1ccc(-c2nc3cc4c(cc3o2)CCC4)cc1. The van der Waals surface area contributed by atoms with Gasteiger partial charge in [0.1, 0.15) is 5.52 Å². The molecular formula is C17H15NO. The van der Waals surface area contributed by atoms with Gasteiger partial charge < -0.3 is 4.42 Å². The summed E-state index contributed by atoms with van der Waals surface area (Å²) in [4.78, 5) is 4.62. The molecule has 0 amide bonds. The monoisotopic (exact) mass is 249 g/mol. The molecule has 1 aromatic heterocycles. The molecule has 3 aromatic rings. The minimum Gasteiger partial charge on any atom is -0.436 e. The van der Waals surface area contributed by atoms with Gasteiger partial charge in [-0.15, -0.1) is 0 Å². The zero-order valence-electron chi connectivity index (χ0n) is 10.9. The van der Waals surface area contributed by atoms with E-state index in [4.69, 9.17) is 4.42 Å². The second-order valence-electron chi connectivity index (χ2n) is 5.33. The lowest BCUT2D eigenvalue weighted by Crippen LogP contribution is -1.81. The van der Waals surface area contributed by atoms with Gasteiger partial charge in [-0.1, -0.05) is 17.7 Å². The fourth-order valence-corrected chi connectivity index (χ4v) is 2.81. The number of oxazole rings is 1. The fourth-order valence-electron chi connectivity index (χ4n) is 2.81. The fraction of sp³-hybridized carbons (Fsp3) is 0.235. The topological polar surface area (TPSA) is 26.0 Å². The lowest BCUT2D eigenvalue weighted by molar-refractivity contribution is 0.619. The first-order valence-electron chi connectivity index (χ1n) is 6.79. The van der Waals surface area contributed by atoms with Crippen molar-refractivity contribution in [1.29, 1.82) is 0 Å². The van der Waals surface area contributed by atoms with Gasteiger partial charge in [-0.25, -0.2) is 4.98 Å². The van der Waals surface area contributed by atoms with Crippen LogP contribution in [0, 0.1) is 6.92 Å². The molecule has 19 heavy (non-hydrogen) atoms. The van der Waals surface area contributed by atoms with E-state index in [-0.39, 0.29) is 0 Å². The quantitative estimate of drug-likeness (QED) is 0.643. The van der Waals surface area contributed by atoms with E-state index in [1.807, 2.05) is 0 Å². The highest BCUT2D eigenvalue weighted by Gasteiger charge is 2.15. The van der Waals surface area contributed by atoms with Crippen LogP contribution in [0.5, 0.6) is 0 Å². The van der Waals surface area contributed by atoms with Crippen molar-refractivity contribution >= 4 is 11.1 Å². The van der Waals surface area contributed by atoms with Crippen molar-refractivity contribution in [3.8, 4) is 11.5 Å². The third-order valence-corrected chi connectivity index (χ3v) is 3.90. The Labute approximate surface area is 112 Å². The second-order valence-corrected chi connectivity index (χ2v) is 5.33. The van der Waals surface area contributed by atoms with Crippen LogP contribution in [0.2, 0.25) is 0 Å². The minimum absolute atomic E-state index is 0.721. The molecule has 94 valence electrons. The van der Waals surface area contributed by atoms with E-state index < -0.39 is 0 Å². The van der Waals surface area contributed by atoms with Crippen molar-refractivity contribution in [2.24, 2.45) is 0 Å². The number of hydrogen-bond donors (Lipinski definition) is 0. The summed E-state index contributed by atoms with van der Waals surface area (Å²) in [6.45, 7) is 2.08. The lowest BCUT2D eigenvalue weighted by atomic mass is 10.1. The minimum atomic E-state index is 0.721. The average molecular weight is 249 g/mol. The van der Waals surface area contributed by atoms with Crippen LogP contribution in [0.3, 0.4) is 0 Å². The molecule has 0 N–H and O–H groups in total. The van der Waals surface area contributed by atoms with Gasteiger partial charge in [0.2, 0.25) is 5.89 Å². The Kier molecular flexibility index (Phi) is 2.25. The molecule has 1 aliphatic rings. The van der Waals surface area contributed by atoms with Crippen LogP contribution in [0.1, 0.15) is 23.1 Å². The van der Waals surface area contributed by atoms with Crippen molar-refractivity contribution < 1.29 is 4.42 Å². The Balaban J connectivity index is 1.86. The number of aromatic nitrogens is 1. The summed E-state index contributed by atoms with van der Waals surface area (Å²) < 4.78 is 5.91. The van der Waals surface area contributed by atoms with Crippen molar-refractivity contribution in [2.45, 2.75) is 26.2 Å². The Hall–Kier alpha value is -2.09. The molecular weight excluding hydrogens is 234 g/mol. The Morgan fingerprint density at radius 3 is 2.53 bits per heavy atom. The number of rotatable bonds is 1. The standard InChI is InChI=1S/C17H15NO/c1-11-5-7-12(8-6-11)17-18-15-9-13-3-2-4-14(13)10-16(15)19-17/h5-10H,2-4H2,1H3. The van der Waals surface area contributed by atoms with Crippen LogP contribution >= 0.6 is 0 Å². The van der Waals surface area contributed by atoms with E-state index in [0.29, 0.717) is 0 Å². The third kappa shape index (κ3) is 1.75. The molecule has 0 radical (unpaired) electrons. The van der Waals surface area contributed by atoms with Crippen LogP contribution in [0.15, 0.2) is 40.8 Å². The van der Waals surface area contributed by atoms with E-state index in [0.717, 1.165) is 22.6 Å². The summed E-state index contributed by atoms with van der Waals surface area (Å²) in [7, 11) is 0. The molecule has 0 atom stereocenters. The van der Waals surface area contributed by atoms with Crippen molar-refractivity contribution in [3.05, 3.63) is 53.1 Å². The van der Waals surface area contributed by atoms with E-state index in [1.54, 1.807) is 0 Å². The maximum Gasteiger partial charge on any atom is 0.227 e. The molecule has 1 heterocycles. The Morgan fingerprint density at radius 1 is 1.00 bits per heavy atom. The summed E-state index contributed by atoms with van der Waals surface area (Å²) in [6, 6.07) is 12.7. The van der Waals surface area contributed by atoms with Gasteiger partial charge in [-0.3, -0.25) is 0 Å². The molecule has 0 unspecified atom stereocenters. The molecule has 2 aromatic carbocycles. The van der Waals surface area contributed by atoms with Crippen LogP contribution < -0.4 is 0 Å². The second kappa shape index (κ2) is 3.95. The van der Waals surface area contributed by atoms with Crippen LogP contribution in [0.4, 0.5) is 0 Å². The van der Waals surface area contributed by atoms with E-state index in [1.165, 1.54) is 36.0 Å². The number of benzene rings is 2. The van der Waals surface area contributed by atoms with Gasteiger partial charge in [0.05, 0.1) is 0 Å². The van der Waals surface area contributed by atoms with Gasteiger partial charge in [-0.05, 0) is 61.6 Å². The molecule has 0 saturated heterocycles. The lowest BCUT2D eigenvalue weighted by Gasteiger charge is -1.96. The molecule has 0 saturated carbocycles. The van der Waals surface area contributed by atoms with E-state index in [2.05, 4.69) is 48.3 Å². The number of aryl methyl sites for hydroxylation is 3. The summed E-state index contributed by atoms with van der Waals surface area (Å²) in [6.07, 6.45) is 3.61. The average Bonchev–Trinajstić information content (AvgIpc) is 3.01. The van der Waals surface area contributed by atoms with Crippen molar-refractivity contribution in [2.75, 3.05) is 0 Å². The predicted octanol–water partition coefficient (Wildman–Crippen LogP) is 4.29. The largest absolute Gasteiger partial charge is 0.436 e. The first-order valence-corrected chi connectivity index (χ1v) is 6.79. The van der Waals surface area contributed by atoms with Gasteiger partial charge in [0.15, 0.2) is 5.58 Å². The Bertz CT molecular complexity index is 712. The summed E-state index contributed by atoms with van der Waals surface area (Å²) in [5, 5.41) is 0. The maximum atomic E-state index is 5.91. The third-order valence-electron chi connectivity index (χ3n) is 3.90. The number of nitrogens with zero attached hydrogens (tertiary/aromatic N) is 1. The first-order chi connectivity index (χ1) is 9.29. The van der Waals surface area contributed by atoms with Crippen molar-refractivity contribution in [1.82, 2.24) is 4.98 Å². The normalized spacial score (nSPS) is 13.9. The predicted molar refractivity (Wildman–Crippen MR) is 76.2 cm³/mol. The van der Waals surface area contributed by atoms with E-state index in [9.17, 15) is 0 Å². The van der Waals surface area contributed by atoms with Crippen LogP contribution in [-0.2, 0) is 12.8 Å². The van der Waals surface area contributed by atoms with Crippen molar-refractivity contribution in [3.63, 3.8) is 0 Å². The molecule has 1 aliphatic carbocycles. The van der Waals surface area contributed by atoms with Gasteiger partial charge >= 0.3 is 0 Å². The van der Waals surface area contributed by atoms with Gasteiger partial charge in [0, 0.05) is 5.56 Å². The highest BCUT2D eigenvalue weighted by molar-refractivity contribution is 5.78. The van der Waals surface area contributed by atoms with Crippen LogP contribution in [-0.4, -0.2) is 4.98 Å². The molecule has 4 rings (SSSR count). The molecule has 0 spiro atoms. The molecule has 0 aliphatic heterocycles. The smallest absolute Gasteiger partial charge is 0.227 e. The zero-order chi connectivity index (χ0) is 12.8. The van der Waals surface area contributed by atoms with Crippen LogP contribution in [0.25, 0.3) is 22.6 Å². The first kappa shape index (κ1) is 10.8. The Morgan fingerprint density at radius 2 is 1.74 bits per heavy atom.